The van der Waals surface area contributed by atoms with Gasteiger partial charge in [-0.05, 0) is 48.2 Å². The lowest BCUT2D eigenvalue weighted by atomic mass is 10.1. The Hall–Kier alpha value is -3.75. The Labute approximate surface area is 192 Å². The van der Waals surface area contributed by atoms with Crippen LogP contribution in [0.25, 0.3) is 0 Å². The van der Waals surface area contributed by atoms with Crippen LogP contribution in [0.2, 0.25) is 0 Å². The smallest absolute Gasteiger partial charge is 0.328 e. The molecule has 3 rings (SSSR count). The van der Waals surface area contributed by atoms with Gasteiger partial charge in [0, 0.05) is 18.5 Å². The summed E-state index contributed by atoms with van der Waals surface area (Å²) in [6, 6.07) is 19.6. The fourth-order valence-corrected chi connectivity index (χ4v) is 3.09. The lowest BCUT2D eigenvalue weighted by molar-refractivity contribution is -0.135. The second-order valence-corrected chi connectivity index (χ2v) is 7.52. The first kappa shape index (κ1) is 23.9. The Bertz CT molecular complexity index is 1020. The highest BCUT2D eigenvalue weighted by molar-refractivity contribution is 5.78. The Morgan fingerprint density at radius 1 is 0.970 bits per heavy atom. The number of nitrogens with one attached hydrogen (secondary N) is 1. The van der Waals surface area contributed by atoms with Gasteiger partial charge in [0.1, 0.15) is 24.1 Å². The molecule has 172 valence electrons. The number of hydroxylamine groups is 1. The van der Waals surface area contributed by atoms with Gasteiger partial charge in [0.15, 0.2) is 0 Å². The molecule has 4 N–H and O–H groups in total. The van der Waals surface area contributed by atoms with Crippen LogP contribution in [0.15, 0.2) is 72.9 Å². The van der Waals surface area contributed by atoms with E-state index in [1.54, 1.807) is 35.9 Å². The molecule has 3 aromatic rings. The zero-order valence-electron chi connectivity index (χ0n) is 18.1. The van der Waals surface area contributed by atoms with Crippen LogP contribution in [0.4, 0.5) is 0 Å². The summed E-state index contributed by atoms with van der Waals surface area (Å²) < 4.78 is 11.1. The van der Waals surface area contributed by atoms with Gasteiger partial charge in [0.2, 0.25) is 5.91 Å². The van der Waals surface area contributed by atoms with Crippen LogP contribution in [0.1, 0.15) is 29.7 Å². The minimum Gasteiger partial charge on any atom is -0.487 e. The Morgan fingerprint density at radius 3 is 2.36 bits per heavy atom. The first-order valence-corrected chi connectivity index (χ1v) is 10.6. The van der Waals surface area contributed by atoms with Crippen molar-refractivity contribution in [1.29, 1.82) is 0 Å². The van der Waals surface area contributed by atoms with Gasteiger partial charge in [0.25, 0.3) is 0 Å². The normalized spacial score (nSPS) is 11.5. The number of aryl methyl sites for hydroxylation is 1. The number of hydrogen-bond donors (Lipinski definition) is 3. The van der Waals surface area contributed by atoms with Gasteiger partial charge < -0.3 is 15.2 Å². The molecular weight excluding hydrogens is 422 g/mol. The Balaban J connectivity index is 1.43. The monoisotopic (exact) mass is 449 g/mol. The predicted octanol–water partition coefficient (Wildman–Crippen LogP) is 2.96. The van der Waals surface area contributed by atoms with Gasteiger partial charge in [-0.15, -0.1) is 0 Å². The van der Waals surface area contributed by atoms with E-state index in [9.17, 15) is 9.59 Å². The van der Waals surface area contributed by atoms with E-state index < -0.39 is 17.9 Å². The van der Waals surface area contributed by atoms with Crippen molar-refractivity contribution in [2.75, 3.05) is 0 Å². The van der Waals surface area contributed by atoms with Crippen molar-refractivity contribution in [3.8, 4) is 11.5 Å². The van der Waals surface area contributed by atoms with E-state index >= 15 is 0 Å². The SMILES string of the molecule is NC(Cc1ccc(OCc2ccccc2)cn1)C(=O)Oc1ccc(CCCC(=O)NO)cc1. The van der Waals surface area contributed by atoms with Gasteiger partial charge >= 0.3 is 5.97 Å². The first-order valence-electron chi connectivity index (χ1n) is 10.6. The third-order valence-corrected chi connectivity index (χ3v) is 4.91. The number of esters is 1. The molecule has 0 aliphatic heterocycles. The topological polar surface area (TPSA) is 124 Å². The van der Waals surface area contributed by atoms with E-state index in [0.29, 0.717) is 36.6 Å². The highest BCUT2D eigenvalue weighted by atomic mass is 16.5. The average Bonchev–Trinajstić information content (AvgIpc) is 2.85. The van der Waals surface area contributed by atoms with Crippen molar-refractivity contribution in [2.45, 2.75) is 38.3 Å². The number of rotatable bonds is 11. The molecule has 2 aromatic carbocycles. The molecule has 0 aliphatic rings. The molecule has 1 amide bonds. The molecule has 0 saturated heterocycles. The Kier molecular flexibility index (Phi) is 8.93. The zero-order valence-corrected chi connectivity index (χ0v) is 18.1. The van der Waals surface area contributed by atoms with Crippen molar-refractivity contribution in [2.24, 2.45) is 5.73 Å². The number of carbonyl (C=O) groups is 2. The second-order valence-electron chi connectivity index (χ2n) is 7.52. The molecule has 8 nitrogen and oxygen atoms in total. The Morgan fingerprint density at radius 2 is 1.70 bits per heavy atom. The summed E-state index contributed by atoms with van der Waals surface area (Å²) in [6.45, 7) is 0.449. The maximum Gasteiger partial charge on any atom is 0.328 e. The van der Waals surface area contributed by atoms with E-state index in [0.717, 1.165) is 11.1 Å². The van der Waals surface area contributed by atoms with Crippen LogP contribution >= 0.6 is 0 Å². The molecule has 0 spiro atoms. The lowest BCUT2D eigenvalue weighted by Gasteiger charge is -2.12. The van der Waals surface area contributed by atoms with Crippen LogP contribution in [-0.4, -0.2) is 28.1 Å². The quantitative estimate of drug-likeness (QED) is 0.178. The number of amides is 1. The molecule has 0 bridgehead atoms. The van der Waals surface area contributed by atoms with Gasteiger partial charge in [-0.1, -0.05) is 42.5 Å². The number of nitrogens with zero attached hydrogens (tertiary/aromatic N) is 1. The fourth-order valence-electron chi connectivity index (χ4n) is 3.09. The van der Waals surface area contributed by atoms with Gasteiger partial charge in [-0.2, -0.15) is 0 Å². The summed E-state index contributed by atoms with van der Waals surface area (Å²) in [4.78, 5) is 27.7. The maximum atomic E-state index is 12.3. The number of hydrogen-bond acceptors (Lipinski definition) is 7. The molecule has 1 heterocycles. The molecule has 8 heteroatoms. The minimum atomic E-state index is -0.856. The minimum absolute atomic E-state index is 0.232. The number of aromatic nitrogens is 1. The van der Waals surface area contributed by atoms with Gasteiger partial charge in [-0.3, -0.25) is 15.0 Å². The first-order chi connectivity index (χ1) is 16.0. The van der Waals surface area contributed by atoms with Crippen LogP contribution in [0.5, 0.6) is 11.5 Å². The molecule has 1 unspecified atom stereocenters. The van der Waals surface area contributed by atoms with Crippen molar-refractivity contribution in [3.05, 3.63) is 89.7 Å². The van der Waals surface area contributed by atoms with E-state index in [-0.39, 0.29) is 12.8 Å². The van der Waals surface area contributed by atoms with Crippen LogP contribution in [0, 0.1) is 0 Å². The van der Waals surface area contributed by atoms with Crippen LogP contribution in [0.3, 0.4) is 0 Å². The number of benzene rings is 2. The van der Waals surface area contributed by atoms with Crippen molar-refractivity contribution >= 4 is 11.9 Å². The molecule has 0 radical (unpaired) electrons. The highest BCUT2D eigenvalue weighted by Crippen LogP contribution is 2.16. The fraction of sp³-hybridized carbons (Fsp3) is 0.240. The van der Waals surface area contributed by atoms with E-state index in [1.165, 1.54) is 0 Å². The molecule has 1 atom stereocenters. The summed E-state index contributed by atoms with van der Waals surface area (Å²) in [5, 5.41) is 8.50. The van der Waals surface area contributed by atoms with Crippen molar-refractivity contribution in [1.82, 2.24) is 10.5 Å². The second kappa shape index (κ2) is 12.3. The van der Waals surface area contributed by atoms with Crippen molar-refractivity contribution < 1.29 is 24.3 Å². The molecular formula is C25H27N3O5. The molecule has 0 aliphatic carbocycles. The van der Waals surface area contributed by atoms with Crippen LogP contribution < -0.4 is 20.7 Å². The predicted molar refractivity (Wildman–Crippen MR) is 122 cm³/mol. The number of pyridine rings is 1. The van der Waals surface area contributed by atoms with Gasteiger partial charge in [0.05, 0.1) is 6.20 Å². The van der Waals surface area contributed by atoms with Crippen molar-refractivity contribution in [3.63, 3.8) is 0 Å². The summed E-state index contributed by atoms with van der Waals surface area (Å²) in [7, 11) is 0. The highest BCUT2D eigenvalue weighted by Gasteiger charge is 2.17. The molecule has 1 aromatic heterocycles. The summed E-state index contributed by atoms with van der Waals surface area (Å²) in [5.41, 5.74) is 10.3. The van der Waals surface area contributed by atoms with E-state index in [4.69, 9.17) is 20.4 Å². The zero-order chi connectivity index (χ0) is 23.5. The third kappa shape index (κ3) is 8.03. The maximum absolute atomic E-state index is 12.3. The standard InChI is InChI=1S/C25H27N3O5/c26-23(15-20-11-14-22(16-27-20)32-17-19-5-2-1-3-6-19)25(30)33-21-12-9-18(10-13-21)7-4-8-24(29)28-31/h1-3,5-6,9-14,16,23,31H,4,7-8,15,17,26H2,(H,28,29). The summed E-state index contributed by atoms with van der Waals surface area (Å²) >= 11 is 0. The van der Waals surface area contributed by atoms with Crippen LogP contribution in [-0.2, 0) is 29.0 Å². The number of nitrogens with two attached hydrogens (primary N) is 1. The summed E-state index contributed by atoms with van der Waals surface area (Å²) in [6.07, 6.45) is 3.34. The third-order valence-electron chi connectivity index (χ3n) is 4.91. The number of ether oxygens (including phenoxy) is 2. The van der Waals surface area contributed by atoms with E-state index in [2.05, 4.69) is 4.98 Å². The number of carbonyl (C=O) groups excluding carboxylic acids is 2. The van der Waals surface area contributed by atoms with Gasteiger partial charge in [-0.25, -0.2) is 10.3 Å². The average molecular weight is 450 g/mol. The van der Waals surface area contributed by atoms with E-state index in [1.807, 2.05) is 42.5 Å². The molecule has 0 fully saturated rings. The molecule has 0 saturated carbocycles. The largest absolute Gasteiger partial charge is 0.487 e. The summed E-state index contributed by atoms with van der Waals surface area (Å²) in [5.74, 6) is 0.0627. The lowest BCUT2D eigenvalue weighted by Crippen LogP contribution is -2.36. The molecule has 33 heavy (non-hydrogen) atoms.